The Balaban J connectivity index is 1.78. The van der Waals surface area contributed by atoms with E-state index in [2.05, 4.69) is 10.3 Å². The van der Waals surface area contributed by atoms with Crippen molar-refractivity contribution < 1.29 is 31.9 Å². The molecule has 0 saturated carbocycles. The Morgan fingerprint density at radius 2 is 1.89 bits per heavy atom. The summed E-state index contributed by atoms with van der Waals surface area (Å²) in [6, 6.07) is 13.4. The highest BCUT2D eigenvalue weighted by Gasteiger charge is 2.48. The lowest BCUT2D eigenvalue weighted by Crippen LogP contribution is -2.45. The minimum absolute atomic E-state index is 0.0972. The highest BCUT2D eigenvalue weighted by Crippen LogP contribution is 2.47. The third-order valence-corrected chi connectivity index (χ3v) is 7.90. The maximum atomic E-state index is 13.2. The SMILES string of the molecule is COC(=O)c1nc2oc1C1c3cc(ccc3OC1N(c1ccccc1)S(C)(=O)=O)CCC(=O)NC2C(C)C. The summed E-state index contributed by atoms with van der Waals surface area (Å²) in [6.07, 6.45) is 0.682. The van der Waals surface area contributed by atoms with E-state index in [0.29, 0.717) is 23.4 Å². The number of para-hydroxylation sites is 1. The minimum atomic E-state index is -3.87. The number of carbonyl (C=O) groups is 2. The molecule has 2 aliphatic heterocycles. The van der Waals surface area contributed by atoms with E-state index in [1.165, 1.54) is 11.4 Å². The summed E-state index contributed by atoms with van der Waals surface area (Å²) in [6.45, 7) is 3.81. The van der Waals surface area contributed by atoms with Crippen LogP contribution in [0.5, 0.6) is 5.75 Å². The first kappa shape index (κ1) is 25.8. The zero-order chi connectivity index (χ0) is 27.2. The minimum Gasteiger partial charge on any atom is -0.468 e. The molecule has 0 aliphatic carbocycles. The maximum Gasteiger partial charge on any atom is 0.360 e. The Morgan fingerprint density at radius 1 is 1.16 bits per heavy atom. The van der Waals surface area contributed by atoms with Crippen molar-refractivity contribution in [3.8, 4) is 5.75 Å². The second-order valence-corrected chi connectivity index (χ2v) is 11.7. The van der Waals surface area contributed by atoms with Crippen molar-refractivity contribution in [1.29, 1.82) is 0 Å². The van der Waals surface area contributed by atoms with E-state index in [1.54, 1.807) is 36.4 Å². The van der Waals surface area contributed by atoms with Crippen molar-refractivity contribution in [1.82, 2.24) is 10.3 Å². The van der Waals surface area contributed by atoms with E-state index >= 15 is 0 Å². The summed E-state index contributed by atoms with van der Waals surface area (Å²) in [5.41, 5.74) is 1.79. The Bertz CT molecular complexity index is 1480. The molecule has 4 bridgehead atoms. The van der Waals surface area contributed by atoms with E-state index in [1.807, 2.05) is 26.0 Å². The number of benzene rings is 2. The number of hydrogen-bond acceptors (Lipinski definition) is 8. The molecule has 0 spiro atoms. The Labute approximate surface area is 221 Å². The van der Waals surface area contributed by atoms with Crippen molar-refractivity contribution in [2.45, 2.75) is 44.9 Å². The number of ether oxygens (including phenoxy) is 2. The molecule has 0 fully saturated rings. The van der Waals surface area contributed by atoms with Crippen LogP contribution in [-0.2, 0) is 26.0 Å². The number of sulfonamides is 1. The van der Waals surface area contributed by atoms with Gasteiger partial charge in [-0.05, 0) is 36.1 Å². The smallest absolute Gasteiger partial charge is 0.360 e. The van der Waals surface area contributed by atoms with Crippen molar-refractivity contribution in [3.05, 3.63) is 77.0 Å². The van der Waals surface area contributed by atoms with E-state index in [4.69, 9.17) is 13.9 Å². The fourth-order valence-corrected chi connectivity index (χ4v) is 6.01. The average Bonchev–Trinajstić information content (AvgIpc) is 3.45. The number of aryl methyl sites for hydroxylation is 1. The molecule has 10 nitrogen and oxygen atoms in total. The third-order valence-electron chi connectivity index (χ3n) is 6.76. The van der Waals surface area contributed by atoms with Crippen molar-refractivity contribution >= 4 is 27.6 Å². The first-order valence-corrected chi connectivity index (χ1v) is 14.2. The molecule has 1 N–H and O–H groups in total. The number of hydrogen-bond donors (Lipinski definition) is 1. The summed E-state index contributed by atoms with van der Waals surface area (Å²) in [4.78, 5) is 30.2. The van der Waals surface area contributed by atoms with Gasteiger partial charge >= 0.3 is 5.97 Å². The number of fused-ring (bicyclic) bond motifs is 4. The van der Waals surface area contributed by atoms with Gasteiger partial charge in [0.2, 0.25) is 21.8 Å². The van der Waals surface area contributed by atoms with Gasteiger partial charge in [0.25, 0.3) is 0 Å². The number of carbonyl (C=O) groups excluding carboxylic acids is 2. The normalized spacial score (nSPS) is 20.7. The van der Waals surface area contributed by atoms with Crippen LogP contribution in [0.4, 0.5) is 5.69 Å². The molecule has 38 heavy (non-hydrogen) atoms. The Hall–Kier alpha value is -3.86. The quantitative estimate of drug-likeness (QED) is 0.488. The largest absolute Gasteiger partial charge is 0.468 e. The maximum absolute atomic E-state index is 13.2. The standard InChI is InChI=1S/C27H29N3O7S/c1-15(2)22-25-29-23(27(32)35-3)24(37-25)21-18-14-16(11-13-20(31)28-22)10-12-19(18)36-26(21)30(38(4,33)34)17-8-6-5-7-9-17/h5-10,12,14-15,21-22,26H,11,13H2,1-4H3,(H,28,31). The molecule has 11 heteroatoms. The predicted molar refractivity (Wildman–Crippen MR) is 138 cm³/mol. The molecule has 3 aromatic rings. The van der Waals surface area contributed by atoms with Gasteiger partial charge in [0.05, 0.1) is 19.1 Å². The van der Waals surface area contributed by atoms with Gasteiger partial charge in [0.15, 0.2) is 17.7 Å². The second kappa shape index (κ2) is 9.79. The first-order valence-electron chi connectivity index (χ1n) is 12.3. The van der Waals surface area contributed by atoms with E-state index in [0.717, 1.165) is 11.8 Å². The van der Waals surface area contributed by atoms with Crippen LogP contribution in [0.15, 0.2) is 52.9 Å². The summed E-state index contributed by atoms with van der Waals surface area (Å²) in [7, 11) is -2.63. The number of esters is 1. The lowest BCUT2D eigenvalue weighted by atomic mass is 9.92. The van der Waals surface area contributed by atoms with Gasteiger partial charge in [-0.15, -0.1) is 0 Å². The molecule has 2 aliphatic rings. The van der Waals surface area contributed by atoms with Crippen LogP contribution in [0.2, 0.25) is 0 Å². The molecular weight excluding hydrogens is 510 g/mol. The molecule has 1 aromatic heterocycles. The summed E-state index contributed by atoms with van der Waals surface area (Å²) in [5, 5.41) is 2.97. The van der Waals surface area contributed by atoms with Crippen molar-refractivity contribution in [2.24, 2.45) is 5.92 Å². The fourth-order valence-electron chi connectivity index (χ4n) is 4.96. The van der Waals surface area contributed by atoms with Crippen molar-refractivity contribution in [2.75, 3.05) is 17.7 Å². The molecule has 5 rings (SSSR count). The molecular formula is C27H29N3O7S. The average molecular weight is 540 g/mol. The van der Waals surface area contributed by atoms with Gasteiger partial charge in [-0.1, -0.05) is 44.2 Å². The van der Waals surface area contributed by atoms with Crippen LogP contribution < -0.4 is 14.4 Å². The number of nitrogens with zero attached hydrogens (tertiary/aromatic N) is 2. The highest BCUT2D eigenvalue weighted by molar-refractivity contribution is 7.92. The van der Waals surface area contributed by atoms with Crippen LogP contribution in [-0.4, -0.2) is 44.9 Å². The highest BCUT2D eigenvalue weighted by atomic mass is 32.2. The van der Waals surface area contributed by atoms with E-state index < -0.39 is 34.2 Å². The Kier molecular flexibility index (Phi) is 6.64. The fraction of sp³-hybridized carbons (Fsp3) is 0.370. The second-order valence-electron chi connectivity index (χ2n) is 9.80. The lowest BCUT2D eigenvalue weighted by Gasteiger charge is -2.31. The summed E-state index contributed by atoms with van der Waals surface area (Å²) >= 11 is 0. The van der Waals surface area contributed by atoms with Gasteiger partial charge in [-0.2, -0.15) is 0 Å². The molecule has 1 amide bonds. The van der Waals surface area contributed by atoms with Gasteiger partial charge in [0.1, 0.15) is 17.7 Å². The third kappa shape index (κ3) is 4.62. The van der Waals surface area contributed by atoms with Crippen LogP contribution in [0, 0.1) is 5.92 Å². The first-order chi connectivity index (χ1) is 18.1. The number of methoxy groups -OCH3 is 1. The van der Waals surface area contributed by atoms with Crippen LogP contribution in [0.1, 0.15) is 65.5 Å². The number of oxazole rings is 1. The topological polar surface area (TPSA) is 128 Å². The number of amides is 1. The Morgan fingerprint density at radius 3 is 2.55 bits per heavy atom. The zero-order valence-electron chi connectivity index (χ0n) is 21.5. The number of nitrogens with one attached hydrogen (secondary N) is 1. The number of rotatable bonds is 5. The summed E-state index contributed by atoms with van der Waals surface area (Å²) in [5.74, 6) is -1.19. The van der Waals surface area contributed by atoms with E-state index in [-0.39, 0.29) is 35.6 Å². The molecule has 3 heterocycles. The molecule has 0 radical (unpaired) electrons. The molecule has 3 atom stereocenters. The van der Waals surface area contributed by atoms with Crippen molar-refractivity contribution in [3.63, 3.8) is 0 Å². The molecule has 200 valence electrons. The molecule has 2 aromatic carbocycles. The van der Waals surface area contributed by atoms with E-state index in [9.17, 15) is 18.0 Å². The summed E-state index contributed by atoms with van der Waals surface area (Å²) < 4.78 is 45.2. The van der Waals surface area contributed by atoms with Crippen LogP contribution in [0.3, 0.4) is 0 Å². The van der Waals surface area contributed by atoms with Crippen LogP contribution >= 0.6 is 0 Å². The number of aromatic nitrogens is 1. The van der Waals surface area contributed by atoms with Gasteiger partial charge in [0, 0.05) is 12.0 Å². The molecule has 3 unspecified atom stereocenters. The molecule has 0 saturated heterocycles. The van der Waals surface area contributed by atoms with Gasteiger partial charge in [-0.25, -0.2) is 22.5 Å². The predicted octanol–water partition coefficient (Wildman–Crippen LogP) is 3.54. The monoisotopic (exact) mass is 539 g/mol. The zero-order valence-corrected chi connectivity index (χ0v) is 22.3. The lowest BCUT2D eigenvalue weighted by molar-refractivity contribution is -0.122. The van der Waals surface area contributed by atoms with Gasteiger partial charge in [-0.3, -0.25) is 4.79 Å². The van der Waals surface area contributed by atoms with Crippen LogP contribution in [0.25, 0.3) is 0 Å². The van der Waals surface area contributed by atoms with Gasteiger partial charge < -0.3 is 19.2 Å². The number of anilines is 1.